The quantitative estimate of drug-likeness (QED) is 0.223. The first-order valence-corrected chi connectivity index (χ1v) is 11.0. The maximum absolute atomic E-state index is 9.63. The van der Waals surface area contributed by atoms with Crippen molar-refractivity contribution in [2.24, 2.45) is 0 Å². The molecule has 0 bridgehead atoms. The molecule has 0 aliphatic rings. The van der Waals surface area contributed by atoms with Crippen molar-refractivity contribution >= 4 is 59.4 Å². The topological polar surface area (TPSA) is 42.2 Å². The molecule has 0 aliphatic carbocycles. The van der Waals surface area contributed by atoms with Gasteiger partial charge in [-0.25, -0.2) is 0 Å². The molecule has 29 heavy (non-hydrogen) atoms. The van der Waals surface area contributed by atoms with Crippen LogP contribution in [0.3, 0.4) is 0 Å². The van der Waals surface area contributed by atoms with Crippen LogP contribution in [0.15, 0.2) is 74.1 Å². The Morgan fingerprint density at radius 2 is 1.72 bits per heavy atom. The van der Waals surface area contributed by atoms with E-state index in [1.165, 1.54) is 0 Å². The van der Waals surface area contributed by atoms with Crippen molar-refractivity contribution in [1.82, 2.24) is 0 Å². The zero-order chi connectivity index (χ0) is 20.8. The Kier molecular flexibility index (Phi) is 7.54. The first-order chi connectivity index (χ1) is 14.0. The number of rotatable bonds is 6. The van der Waals surface area contributed by atoms with Crippen molar-refractivity contribution < 1.29 is 9.47 Å². The van der Waals surface area contributed by atoms with E-state index >= 15 is 0 Å². The fraction of sp³-hybridized carbons (Fsp3) is 0.0870. The first kappa shape index (κ1) is 21.6. The highest BCUT2D eigenvalue weighted by Gasteiger charge is 2.11. The van der Waals surface area contributed by atoms with Crippen LogP contribution in [0.4, 0.5) is 0 Å². The van der Waals surface area contributed by atoms with Crippen molar-refractivity contribution in [2.45, 2.75) is 6.61 Å². The summed E-state index contributed by atoms with van der Waals surface area (Å²) < 4.78 is 14.2. The number of allylic oxidation sites excluding steroid dienone is 1. The average molecular weight is 578 g/mol. The van der Waals surface area contributed by atoms with Gasteiger partial charge in [-0.15, -0.1) is 0 Å². The van der Waals surface area contributed by atoms with Gasteiger partial charge >= 0.3 is 0 Å². The third-order valence-corrected chi connectivity index (χ3v) is 5.86. The van der Waals surface area contributed by atoms with E-state index in [0.717, 1.165) is 30.1 Å². The Hall–Kier alpha value is -2.07. The van der Waals surface area contributed by atoms with Gasteiger partial charge in [-0.2, -0.15) is 5.26 Å². The molecule has 0 heterocycles. The molecular formula is C23H16Br3NO2. The molecule has 146 valence electrons. The van der Waals surface area contributed by atoms with Crippen LogP contribution in [0.25, 0.3) is 11.6 Å². The number of benzene rings is 3. The van der Waals surface area contributed by atoms with Crippen molar-refractivity contribution in [2.75, 3.05) is 7.11 Å². The zero-order valence-electron chi connectivity index (χ0n) is 15.5. The molecule has 0 amide bonds. The van der Waals surface area contributed by atoms with Gasteiger partial charge in [0.1, 0.15) is 6.61 Å². The monoisotopic (exact) mass is 575 g/mol. The Balaban J connectivity index is 1.89. The van der Waals surface area contributed by atoms with Crippen molar-refractivity contribution in [3.63, 3.8) is 0 Å². The Labute approximate surface area is 195 Å². The molecule has 6 heteroatoms. The normalized spacial score (nSPS) is 11.1. The molecule has 0 unspecified atom stereocenters. The third kappa shape index (κ3) is 5.72. The molecular weight excluding hydrogens is 562 g/mol. The maximum Gasteiger partial charge on any atom is 0.162 e. The summed E-state index contributed by atoms with van der Waals surface area (Å²) in [6, 6.07) is 21.6. The summed E-state index contributed by atoms with van der Waals surface area (Å²) in [6.07, 6.45) is 1.83. The highest BCUT2D eigenvalue weighted by molar-refractivity contribution is 9.11. The zero-order valence-corrected chi connectivity index (χ0v) is 20.2. The van der Waals surface area contributed by atoms with Gasteiger partial charge in [0.05, 0.1) is 18.8 Å². The van der Waals surface area contributed by atoms with E-state index in [1.54, 1.807) is 7.11 Å². The van der Waals surface area contributed by atoms with Gasteiger partial charge in [0.15, 0.2) is 11.5 Å². The summed E-state index contributed by atoms with van der Waals surface area (Å²) in [5.74, 6) is 1.23. The molecule has 0 aromatic heterocycles. The number of nitrogens with zero attached hydrogens (tertiary/aromatic N) is 1. The summed E-state index contributed by atoms with van der Waals surface area (Å²) in [5, 5.41) is 9.63. The van der Waals surface area contributed by atoms with E-state index in [4.69, 9.17) is 9.47 Å². The summed E-state index contributed by atoms with van der Waals surface area (Å²) in [6.45, 7) is 0.423. The lowest BCUT2D eigenvalue weighted by atomic mass is 10.0. The lowest BCUT2D eigenvalue weighted by Crippen LogP contribution is -1.98. The van der Waals surface area contributed by atoms with Crippen LogP contribution >= 0.6 is 47.8 Å². The van der Waals surface area contributed by atoms with Gasteiger partial charge < -0.3 is 9.47 Å². The summed E-state index contributed by atoms with van der Waals surface area (Å²) >= 11 is 10.5. The van der Waals surface area contributed by atoms with Gasteiger partial charge in [-0.1, -0.05) is 72.1 Å². The highest BCUT2D eigenvalue weighted by Crippen LogP contribution is 2.36. The van der Waals surface area contributed by atoms with Crippen molar-refractivity contribution in [3.05, 3.63) is 90.8 Å². The number of ether oxygens (including phenoxy) is 2. The molecule has 3 rings (SSSR count). The Morgan fingerprint density at radius 3 is 2.38 bits per heavy atom. The van der Waals surface area contributed by atoms with E-state index in [-0.39, 0.29) is 0 Å². The number of nitriles is 1. The molecule has 0 radical (unpaired) electrons. The number of halogens is 3. The molecule has 0 spiro atoms. The minimum absolute atomic E-state index is 0.423. The fourth-order valence-corrected chi connectivity index (χ4v) is 3.77. The van der Waals surface area contributed by atoms with Crippen LogP contribution in [0.1, 0.15) is 16.7 Å². The van der Waals surface area contributed by atoms with Crippen LogP contribution in [-0.4, -0.2) is 7.11 Å². The van der Waals surface area contributed by atoms with Crippen LogP contribution in [0.5, 0.6) is 11.5 Å². The van der Waals surface area contributed by atoms with Gasteiger partial charge in [0, 0.05) is 13.4 Å². The molecule has 0 atom stereocenters. The van der Waals surface area contributed by atoms with E-state index in [1.807, 2.05) is 66.7 Å². The first-order valence-electron chi connectivity index (χ1n) is 8.62. The van der Waals surface area contributed by atoms with Crippen LogP contribution in [-0.2, 0) is 6.61 Å². The summed E-state index contributed by atoms with van der Waals surface area (Å²) in [4.78, 5) is 0. The van der Waals surface area contributed by atoms with Gasteiger partial charge in [-0.05, 0) is 59.2 Å². The lowest BCUT2D eigenvalue weighted by Gasteiger charge is -2.13. The van der Waals surface area contributed by atoms with E-state index in [2.05, 4.69) is 53.9 Å². The van der Waals surface area contributed by atoms with Crippen molar-refractivity contribution in [3.8, 4) is 17.6 Å². The fourth-order valence-electron chi connectivity index (χ4n) is 2.67. The van der Waals surface area contributed by atoms with Gasteiger partial charge in [0.25, 0.3) is 0 Å². The second-order valence-corrected chi connectivity index (χ2v) is 8.81. The number of hydrogen-bond donors (Lipinski definition) is 0. The van der Waals surface area contributed by atoms with E-state index in [0.29, 0.717) is 23.7 Å². The predicted molar refractivity (Wildman–Crippen MR) is 127 cm³/mol. The predicted octanol–water partition coefficient (Wildman–Crippen LogP) is 7.63. The largest absolute Gasteiger partial charge is 0.493 e. The molecule has 0 saturated carbocycles. The smallest absolute Gasteiger partial charge is 0.162 e. The van der Waals surface area contributed by atoms with E-state index in [9.17, 15) is 5.26 Å². The van der Waals surface area contributed by atoms with Crippen LogP contribution in [0, 0.1) is 11.3 Å². The Morgan fingerprint density at radius 1 is 0.966 bits per heavy atom. The second kappa shape index (κ2) is 10.1. The summed E-state index contributed by atoms with van der Waals surface area (Å²) in [7, 11) is 1.60. The average Bonchev–Trinajstić information content (AvgIpc) is 2.72. The molecule has 3 aromatic rings. The summed E-state index contributed by atoms with van der Waals surface area (Å²) in [5.41, 5.74) is 3.27. The molecule has 0 saturated heterocycles. The minimum atomic E-state index is 0.423. The molecule has 3 nitrogen and oxygen atoms in total. The van der Waals surface area contributed by atoms with Crippen LogP contribution < -0.4 is 9.47 Å². The number of hydrogen-bond acceptors (Lipinski definition) is 3. The number of methoxy groups -OCH3 is 1. The van der Waals surface area contributed by atoms with E-state index < -0.39 is 0 Å². The minimum Gasteiger partial charge on any atom is -0.493 e. The lowest BCUT2D eigenvalue weighted by molar-refractivity contribution is 0.284. The standard InChI is InChI=1S/C23H16Br3NO2/c1-28-22-11-17(9-18(13-27)16-3-2-4-20(25)10-16)21(26)12-23(22)29-14-15-5-7-19(24)8-6-15/h2-12H,14H2,1H3. The second-order valence-electron chi connectivity index (χ2n) is 6.12. The SMILES string of the molecule is COc1cc(C=C(C#N)c2cccc(Br)c2)c(Br)cc1OCc1ccc(Br)cc1. The van der Waals surface area contributed by atoms with Gasteiger partial charge in [-0.3, -0.25) is 0 Å². The molecule has 0 fully saturated rings. The highest BCUT2D eigenvalue weighted by atomic mass is 79.9. The van der Waals surface area contributed by atoms with Crippen molar-refractivity contribution in [1.29, 1.82) is 5.26 Å². The molecule has 0 aliphatic heterocycles. The maximum atomic E-state index is 9.63. The molecule has 3 aromatic carbocycles. The Bertz CT molecular complexity index is 1090. The molecule has 0 N–H and O–H groups in total. The van der Waals surface area contributed by atoms with Crippen LogP contribution in [0.2, 0.25) is 0 Å². The third-order valence-electron chi connectivity index (χ3n) is 4.15. The van der Waals surface area contributed by atoms with Gasteiger partial charge in [0.2, 0.25) is 0 Å².